The number of benzene rings is 3. The number of carbonyl (C=O) groups is 1. The number of esters is 1. The molecule has 3 rings (SSSR count). The van der Waals surface area contributed by atoms with Gasteiger partial charge in [-0.15, -0.1) is 0 Å². The summed E-state index contributed by atoms with van der Waals surface area (Å²) in [5, 5.41) is 0. The first-order valence-electron chi connectivity index (χ1n) is 8.95. The zero-order valence-electron chi connectivity index (χ0n) is 15.7. The molecule has 0 unspecified atom stereocenters. The lowest BCUT2D eigenvalue weighted by Crippen LogP contribution is -2.12. The first kappa shape index (κ1) is 19.3. The molecule has 0 saturated heterocycles. The minimum absolute atomic E-state index is 0.164. The second-order valence-corrected chi connectivity index (χ2v) is 5.96. The van der Waals surface area contributed by atoms with Crippen LogP contribution in [0, 0.1) is 0 Å². The smallest absolute Gasteiger partial charge is 0.338 e. The summed E-state index contributed by atoms with van der Waals surface area (Å²) in [5.74, 6) is 1.75. The fourth-order valence-electron chi connectivity index (χ4n) is 2.48. The van der Waals surface area contributed by atoms with Crippen LogP contribution in [0.3, 0.4) is 0 Å². The van der Waals surface area contributed by atoms with Crippen LogP contribution in [0.1, 0.15) is 15.9 Å². The van der Waals surface area contributed by atoms with Crippen molar-refractivity contribution in [3.63, 3.8) is 0 Å². The molecule has 0 heterocycles. The number of rotatable bonds is 9. The van der Waals surface area contributed by atoms with Crippen molar-refractivity contribution in [1.29, 1.82) is 0 Å². The van der Waals surface area contributed by atoms with Gasteiger partial charge in [0.15, 0.2) is 0 Å². The molecule has 0 bridgehead atoms. The third-order valence-corrected chi connectivity index (χ3v) is 3.98. The van der Waals surface area contributed by atoms with Crippen molar-refractivity contribution in [2.45, 2.75) is 6.61 Å². The van der Waals surface area contributed by atoms with Crippen LogP contribution in [0.4, 0.5) is 0 Å². The fraction of sp³-hybridized carbons (Fsp3) is 0.174. The summed E-state index contributed by atoms with van der Waals surface area (Å²) >= 11 is 0. The van der Waals surface area contributed by atoms with Gasteiger partial charge in [-0.3, -0.25) is 0 Å². The monoisotopic (exact) mass is 378 g/mol. The Morgan fingerprint density at radius 2 is 1.32 bits per heavy atom. The number of hydrogen-bond donors (Lipinski definition) is 0. The topological polar surface area (TPSA) is 54.0 Å². The molecule has 28 heavy (non-hydrogen) atoms. The van der Waals surface area contributed by atoms with Gasteiger partial charge in [-0.25, -0.2) is 4.79 Å². The van der Waals surface area contributed by atoms with Gasteiger partial charge in [-0.1, -0.05) is 30.3 Å². The third-order valence-electron chi connectivity index (χ3n) is 3.98. The van der Waals surface area contributed by atoms with Gasteiger partial charge in [0.25, 0.3) is 0 Å². The van der Waals surface area contributed by atoms with Crippen LogP contribution in [-0.2, 0) is 11.3 Å². The minimum atomic E-state index is -0.395. The second-order valence-electron chi connectivity index (χ2n) is 5.96. The molecule has 5 nitrogen and oxygen atoms in total. The van der Waals surface area contributed by atoms with E-state index in [4.69, 9.17) is 18.9 Å². The minimum Gasteiger partial charge on any atom is -0.497 e. The lowest BCUT2D eigenvalue weighted by Gasteiger charge is -2.09. The molecular formula is C23H22O5. The van der Waals surface area contributed by atoms with Crippen molar-refractivity contribution >= 4 is 5.97 Å². The third kappa shape index (κ3) is 5.77. The molecule has 0 aromatic heterocycles. The van der Waals surface area contributed by atoms with Gasteiger partial charge in [-0.2, -0.15) is 0 Å². The SMILES string of the molecule is COc1ccc(OCCOC(=O)c2ccc(OCc3ccccc3)cc2)cc1. The van der Waals surface area contributed by atoms with Crippen LogP contribution in [0.15, 0.2) is 78.9 Å². The first-order chi connectivity index (χ1) is 13.7. The highest BCUT2D eigenvalue weighted by atomic mass is 16.6. The molecule has 0 radical (unpaired) electrons. The van der Waals surface area contributed by atoms with E-state index in [-0.39, 0.29) is 13.2 Å². The summed E-state index contributed by atoms with van der Waals surface area (Å²) in [6.07, 6.45) is 0. The number of hydrogen-bond acceptors (Lipinski definition) is 5. The van der Waals surface area contributed by atoms with Crippen LogP contribution in [0.5, 0.6) is 17.2 Å². The Bertz CT molecular complexity index is 858. The molecule has 0 aliphatic heterocycles. The van der Waals surface area contributed by atoms with E-state index in [1.807, 2.05) is 42.5 Å². The van der Waals surface area contributed by atoms with Crippen molar-refractivity contribution in [2.24, 2.45) is 0 Å². The van der Waals surface area contributed by atoms with E-state index >= 15 is 0 Å². The molecule has 0 amide bonds. The highest BCUT2D eigenvalue weighted by molar-refractivity contribution is 5.89. The Kier molecular flexibility index (Phi) is 6.90. The van der Waals surface area contributed by atoms with E-state index in [1.54, 1.807) is 43.5 Å². The summed E-state index contributed by atoms with van der Waals surface area (Å²) in [7, 11) is 1.61. The molecule has 3 aromatic carbocycles. The van der Waals surface area contributed by atoms with Gasteiger partial charge in [0.2, 0.25) is 0 Å². The summed E-state index contributed by atoms with van der Waals surface area (Å²) in [4.78, 5) is 12.1. The molecule has 0 N–H and O–H groups in total. The van der Waals surface area contributed by atoms with Crippen LogP contribution in [0.2, 0.25) is 0 Å². The Labute approximate surface area is 164 Å². The van der Waals surface area contributed by atoms with Crippen molar-refractivity contribution in [2.75, 3.05) is 20.3 Å². The van der Waals surface area contributed by atoms with Crippen LogP contribution >= 0.6 is 0 Å². The predicted octanol–water partition coefficient (Wildman–Crippen LogP) is 4.51. The van der Waals surface area contributed by atoms with Crippen molar-refractivity contribution in [3.05, 3.63) is 90.0 Å². The van der Waals surface area contributed by atoms with E-state index < -0.39 is 5.97 Å². The van der Waals surface area contributed by atoms with Gasteiger partial charge in [0.05, 0.1) is 12.7 Å². The van der Waals surface area contributed by atoms with Crippen LogP contribution < -0.4 is 14.2 Å². The normalized spacial score (nSPS) is 10.2. The van der Waals surface area contributed by atoms with E-state index in [0.29, 0.717) is 23.7 Å². The Morgan fingerprint density at radius 1 is 0.714 bits per heavy atom. The van der Waals surface area contributed by atoms with E-state index in [1.165, 1.54) is 0 Å². The summed E-state index contributed by atoms with van der Waals surface area (Å²) in [6.45, 7) is 0.917. The molecule has 0 atom stereocenters. The number of methoxy groups -OCH3 is 1. The maximum absolute atomic E-state index is 12.1. The predicted molar refractivity (Wildman–Crippen MR) is 106 cm³/mol. The van der Waals surface area contributed by atoms with E-state index in [2.05, 4.69) is 0 Å². The number of carbonyl (C=O) groups excluding carboxylic acids is 1. The highest BCUT2D eigenvalue weighted by Gasteiger charge is 2.07. The van der Waals surface area contributed by atoms with Gasteiger partial charge >= 0.3 is 5.97 Å². The molecule has 0 aliphatic carbocycles. The number of ether oxygens (including phenoxy) is 4. The molecule has 0 aliphatic rings. The summed E-state index contributed by atoms with van der Waals surface area (Å²) in [6, 6.07) is 24.0. The van der Waals surface area contributed by atoms with E-state index in [0.717, 1.165) is 11.3 Å². The summed E-state index contributed by atoms with van der Waals surface area (Å²) < 4.78 is 21.6. The first-order valence-corrected chi connectivity index (χ1v) is 8.95. The molecule has 3 aromatic rings. The Hall–Kier alpha value is -3.47. The molecule has 0 spiro atoms. The lowest BCUT2D eigenvalue weighted by molar-refractivity contribution is 0.0450. The average Bonchev–Trinajstić information content (AvgIpc) is 2.76. The fourth-order valence-corrected chi connectivity index (χ4v) is 2.48. The zero-order chi connectivity index (χ0) is 19.6. The second kappa shape index (κ2) is 10.0. The van der Waals surface area contributed by atoms with Gasteiger partial charge in [0, 0.05) is 0 Å². The quantitative estimate of drug-likeness (QED) is 0.405. The van der Waals surface area contributed by atoms with Crippen molar-refractivity contribution in [3.8, 4) is 17.2 Å². The Balaban J connectivity index is 1.40. The van der Waals surface area contributed by atoms with E-state index in [9.17, 15) is 4.79 Å². The molecule has 0 fully saturated rings. The molecule has 5 heteroatoms. The van der Waals surface area contributed by atoms with Gasteiger partial charge in [0.1, 0.15) is 37.1 Å². The summed E-state index contributed by atoms with van der Waals surface area (Å²) in [5.41, 5.74) is 1.55. The molecule has 0 saturated carbocycles. The Morgan fingerprint density at radius 3 is 2.00 bits per heavy atom. The van der Waals surface area contributed by atoms with Crippen LogP contribution in [-0.4, -0.2) is 26.3 Å². The average molecular weight is 378 g/mol. The van der Waals surface area contributed by atoms with Crippen molar-refractivity contribution < 1.29 is 23.7 Å². The lowest BCUT2D eigenvalue weighted by atomic mass is 10.2. The molecular weight excluding hydrogens is 356 g/mol. The largest absolute Gasteiger partial charge is 0.497 e. The van der Waals surface area contributed by atoms with Gasteiger partial charge in [-0.05, 0) is 54.1 Å². The van der Waals surface area contributed by atoms with Gasteiger partial charge < -0.3 is 18.9 Å². The maximum Gasteiger partial charge on any atom is 0.338 e. The molecule has 144 valence electrons. The highest BCUT2D eigenvalue weighted by Crippen LogP contribution is 2.17. The standard InChI is InChI=1S/C23H22O5/c1-25-20-11-13-21(14-12-20)26-15-16-27-23(24)19-7-9-22(10-8-19)28-17-18-5-3-2-4-6-18/h2-14H,15-17H2,1H3. The van der Waals surface area contributed by atoms with Crippen molar-refractivity contribution in [1.82, 2.24) is 0 Å². The maximum atomic E-state index is 12.1. The van der Waals surface area contributed by atoms with Crippen LogP contribution in [0.25, 0.3) is 0 Å². The zero-order valence-corrected chi connectivity index (χ0v) is 15.7.